The first-order valence-corrected chi connectivity index (χ1v) is 9.82. The molecule has 2 N–H and O–H groups in total. The zero-order chi connectivity index (χ0) is 22.0. The van der Waals surface area contributed by atoms with Gasteiger partial charge >= 0.3 is 0 Å². The van der Waals surface area contributed by atoms with Crippen molar-refractivity contribution in [3.05, 3.63) is 59.4 Å². The highest BCUT2D eigenvalue weighted by Gasteiger charge is 2.28. The largest absolute Gasteiger partial charge is 0.493 e. The highest BCUT2D eigenvalue weighted by molar-refractivity contribution is 5.93. The normalized spacial score (nSPS) is 15.1. The van der Waals surface area contributed by atoms with Gasteiger partial charge in [-0.3, -0.25) is 14.9 Å². The first-order valence-electron chi connectivity index (χ1n) is 9.82. The van der Waals surface area contributed by atoms with E-state index in [1.54, 1.807) is 16.8 Å². The molecule has 0 saturated carbocycles. The summed E-state index contributed by atoms with van der Waals surface area (Å²) in [6.45, 7) is 3.74. The van der Waals surface area contributed by atoms with E-state index < -0.39 is 0 Å². The van der Waals surface area contributed by atoms with Crippen molar-refractivity contribution in [2.24, 2.45) is 0 Å². The van der Waals surface area contributed by atoms with Crippen LogP contribution in [0.3, 0.4) is 0 Å². The number of anilines is 2. The number of carbonyl (C=O) groups is 2. The third-order valence-corrected chi connectivity index (χ3v) is 5.10. The van der Waals surface area contributed by atoms with Crippen molar-refractivity contribution in [3.63, 3.8) is 0 Å². The van der Waals surface area contributed by atoms with Crippen LogP contribution in [0.4, 0.5) is 11.6 Å². The van der Waals surface area contributed by atoms with E-state index in [0.29, 0.717) is 17.4 Å². The lowest BCUT2D eigenvalue weighted by molar-refractivity contribution is -0.118. The lowest BCUT2D eigenvalue weighted by atomic mass is 10.0. The van der Waals surface area contributed by atoms with Gasteiger partial charge in [0.25, 0.3) is 5.91 Å². The SMILES string of the molecule is COc1cc([C@@H]2CC(=O)Nc3ncnn32)ccc1OCC(=O)Nc1cc(C)ccc1C. The van der Waals surface area contributed by atoms with E-state index >= 15 is 0 Å². The van der Waals surface area contributed by atoms with Gasteiger partial charge in [0.2, 0.25) is 11.9 Å². The summed E-state index contributed by atoms with van der Waals surface area (Å²) in [6, 6.07) is 10.9. The summed E-state index contributed by atoms with van der Waals surface area (Å²) in [5.41, 5.74) is 3.62. The fourth-order valence-corrected chi connectivity index (χ4v) is 3.48. The van der Waals surface area contributed by atoms with Crippen molar-refractivity contribution in [3.8, 4) is 11.5 Å². The van der Waals surface area contributed by atoms with E-state index in [9.17, 15) is 9.59 Å². The van der Waals surface area contributed by atoms with Crippen molar-refractivity contribution >= 4 is 23.5 Å². The monoisotopic (exact) mass is 421 g/mol. The number of amides is 2. The molecule has 0 unspecified atom stereocenters. The Bertz CT molecular complexity index is 1140. The molecule has 31 heavy (non-hydrogen) atoms. The molecule has 1 atom stereocenters. The Morgan fingerprint density at radius 3 is 2.87 bits per heavy atom. The topological polar surface area (TPSA) is 107 Å². The minimum Gasteiger partial charge on any atom is -0.493 e. The Morgan fingerprint density at radius 1 is 1.23 bits per heavy atom. The molecule has 1 aliphatic rings. The highest BCUT2D eigenvalue weighted by Crippen LogP contribution is 2.35. The second kappa shape index (κ2) is 8.47. The summed E-state index contributed by atoms with van der Waals surface area (Å²) in [5.74, 6) is 0.902. The first-order chi connectivity index (χ1) is 14.9. The van der Waals surface area contributed by atoms with Gasteiger partial charge in [-0.25, -0.2) is 4.68 Å². The van der Waals surface area contributed by atoms with E-state index in [-0.39, 0.29) is 30.9 Å². The van der Waals surface area contributed by atoms with Crippen LogP contribution in [0.1, 0.15) is 29.2 Å². The lowest BCUT2D eigenvalue weighted by Crippen LogP contribution is -2.29. The van der Waals surface area contributed by atoms with Crippen LogP contribution in [0.5, 0.6) is 11.5 Å². The summed E-state index contributed by atoms with van der Waals surface area (Å²) in [7, 11) is 1.52. The molecule has 2 heterocycles. The van der Waals surface area contributed by atoms with Gasteiger partial charge in [-0.2, -0.15) is 10.1 Å². The molecule has 4 rings (SSSR count). The van der Waals surface area contributed by atoms with E-state index in [1.165, 1.54) is 13.4 Å². The van der Waals surface area contributed by atoms with Gasteiger partial charge in [0.15, 0.2) is 18.1 Å². The predicted molar refractivity (Wildman–Crippen MR) is 114 cm³/mol. The summed E-state index contributed by atoms with van der Waals surface area (Å²) < 4.78 is 12.8. The number of nitrogens with one attached hydrogen (secondary N) is 2. The number of fused-ring (bicyclic) bond motifs is 1. The van der Waals surface area contributed by atoms with Gasteiger partial charge in [0.05, 0.1) is 19.6 Å². The summed E-state index contributed by atoms with van der Waals surface area (Å²) in [4.78, 5) is 28.4. The molecule has 2 amide bonds. The predicted octanol–water partition coefficient (Wildman–Crippen LogP) is 2.85. The second-order valence-corrected chi connectivity index (χ2v) is 7.36. The Labute approximate surface area is 179 Å². The van der Waals surface area contributed by atoms with Crippen LogP contribution in [0.25, 0.3) is 0 Å². The molecular weight excluding hydrogens is 398 g/mol. The minimum absolute atomic E-state index is 0.132. The van der Waals surface area contributed by atoms with Crippen LogP contribution < -0.4 is 20.1 Å². The molecule has 3 aromatic rings. The number of aromatic nitrogens is 3. The Kier molecular flexibility index (Phi) is 5.57. The maximum atomic E-state index is 12.4. The molecule has 0 spiro atoms. The van der Waals surface area contributed by atoms with Crippen LogP contribution >= 0.6 is 0 Å². The molecule has 9 heteroatoms. The molecule has 1 aliphatic heterocycles. The molecule has 2 aromatic carbocycles. The Hall–Kier alpha value is -3.88. The number of methoxy groups -OCH3 is 1. The third kappa shape index (κ3) is 4.35. The molecule has 0 radical (unpaired) electrons. The van der Waals surface area contributed by atoms with Gasteiger partial charge in [-0.15, -0.1) is 0 Å². The standard InChI is InChI=1S/C22H23N5O4/c1-13-4-5-14(2)16(8-13)25-21(29)11-31-18-7-6-15(9-19(18)30-3)17-10-20(28)26-22-23-12-24-27(17)22/h4-9,12,17H,10-11H2,1-3H3,(H,25,29)(H,23,24,26,28)/t17-/m0/s1. The number of hydrogen-bond acceptors (Lipinski definition) is 6. The Balaban J connectivity index is 1.47. The van der Waals surface area contributed by atoms with Crippen molar-refractivity contribution in [1.29, 1.82) is 0 Å². The fraction of sp³-hybridized carbons (Fsp3) is 0.273. The van der Waals surface area contributed by atoms with Crippen molar-refractivity contribution in [1.82, 2.24) is 14.8 Å². The molecule has 0 saturated heterocycles. The summed E-state index contributed by atoms with van der Waals surface area (Å²) in [6.07, 6.45) is 1.63. The highest BCUT2D eigenvalue weighted by atomic mass is 16.5. The number of hydrogen-bond donors (Lipinski definition) is 2. The summed E-state index contributed by atoms with van der Waals surface area (Å²) in [5, 5.41) is 9.76. The number of rotatable bonds is 6. The Morgan fingerprint density at radius 2 is 2.06 bits per heavy atom. The number of benzene rings is 2. The van der Waals surface area contributed by atoms with E-state index in [4.69, 9.17) is 9.47 Å². The summed E-state index contributed by atoms with van der Waals surface area (Å²) >= 11 is 0. The van der Waals surface area contributed by atoms with Crippen LogP contribution in [-0.4, -0.2) is 40.3 Å². The second-order valence-electron chi connectivity index (χ2n) is 7.36. The molecule has 1 aromatic heterocycles. The maximum Gasteiger partial charge on any atom is 0.262 e. The third-order valence-electron chi connectivity index (χ3n) is 5.10. The van der Waals surface area contributed by atoms with E-state index in [1.807, 2.05) is 38.1 Å². The number of carbonyl (C=O) groups excluding carboxylic acids is 2. The maximum absolute atomic E-state index is 12.4. The van der Waals surface area contributed by atoms with Crippen LogP contribution in [-0.2, 0) is 9.59 Å². The number of aryl methyl sites for hydroxylation is 2. The zero-order valence-corrected chi connectivity index (χ0v) is 17.5. The molecule has 160 valence electrons. The smallest absolute Gasteiger partial charge is 0.262 e. The molecule has 0 bridgehead atoms. The number of ether oxygens (including phenoxy) is 2. The molecule has 9 nitrogen and oxygen atoms in total. The van der Waals surface area contributed by atoms with Gasteiger partial charge < -0.3 is 14.8 Å². The van der Waals surface area contributed by atoms with E-state index in [2.05, 4.69) is 20.7 Å². The average molecular weight is 421 g/mol. The van der Waals surface area contributed by atoms with Crippen molar-refractivity contribution in [2.75, 3.05) is 24.4 Å². The minimum atomic E-state index is -0.304. The van der Waals surface area contributed by atoms with Crippen LogP contribution in [0.2, 0.25) is 0 Å². The van der Waals surface area contributed by atoms with Crippen LogP contribution in [0, 0.1) is 13.8 Å². The molecule has 0 aliphatic carbocycles. The van der Waals surface area contributed by atoms with Gasteiger partial charge in [0, 0.05) is 5.69 Å². The van der Waals surface area contributed by atoms with Crippen LogP contribution in [0.15, 0.2) is 42.7 Å². The molecular formula is C22H23N5O4. The van der Waals surface area contributed by atoms with Gasteiger partial charge in [0.1, 0.15) is 6.33 Å². The van der Waals surface area contributed by atoms with Gasteiger partial charge in [-0.05, 0) is 48.7 Å². The van der Waals surface area contributed by atoms with E-state index in [0.717, 1.165) is 22.4 Å². The lowest BCUT2D eigenvalue weighted by Gasteiger charge is -2.24. The number of nitrogens with zero attached hydrogens (tertiary/aromatic N) is 3. The van der Waals surface area contributed by atoms with Crippen molar-refractivity contribution < 1.29 is 19.1 Å². The fourth-order valence-electron chi connectivity index (χ4n) is 3.48. The zero-order valence-electron chi connectivity index (χ0n) is 17.5. The van der Waals surface area contributed by atoms with Crippen molar-refractivity contribution in [2.45, 2.75) is 26.3 Å². The first kappa shape index (κ1) is 20.4. The quantitative estimate of drug-likeness (QED) is 0.634. The average Bonchev–Trinajstić information content (AvgIpc) is 3.22. The molecule has 0 fully saturated rings. The van der Waals surface area contributed by atoms with Gasteiger partial charge in [-0.1, -0.05) is 18.2 Å².